The van der Waals surface area contributed by atoms with Gasteiger partial charge in [0.1, 0.15) is 5.82 Å². The summed E-state index contributed by atoms with van der Waals surface area (Å²) in [7, 11) is 0. The third-order valence-electron chi connectivity index (χ3n) is 7.64. The minimum Gasteiger partial charge on any atom is -0.475 e. The van der Waals surface area contributed by atoms with Crippen molar-refractivity contribution in [3.63, 3.8) is 0 Å². The molecule has 0 saturated heterocycles. The maximum atomic E-state index is 15.5. The van der Waals surface area contributed by atoms with Crippen molar-refractivity contribution >= 4 is 23.1 Å². The third kappa shape index (κ3) is 10.8. The van der Waals surface area contributed by atoms with E-state index in [9.17, 15) is 26.3 Å². The molecular formula is C35H32F7N5O4. The van der Waals surface area contributed by atoms with Crippen LogP contribution >= 0.6 is 0 Å². The van der Waals surface area contributed by atoms with Crippen LogP contribution < -0.4 is 10.6 Å². The fraction of sp³-hybridized carbons (Fsp3) is 0.257. The van der Waals surface area contributed by atoms with Crippen LogP contribution in [0.2, 0.25) is 0 Å². The first kappa shape index (κ1) is 38.5. The van der Waals surface area contributed by atoms with E-state index in [1.807, 2.05) is 34.9 Å². The molecule has 9 nitrogen and oxygen atoms in total. The van der Waals surface area contributed by atoms with E-state index in [0.717, 1.165) is 61.5 Å². The van der Waals surface area contributed by atoms with Crippen molar-refractivity contribution in [1.82, 2.24) is 25.4 Å². The highest BCUT2D eigenvalue weighted by atomic mass is 19.4. The molecule has 3 heterocycles. The van der Waals surface area contributed by atoms with Crippen LogP contribution in [0.25, 0.3) is 33.9 Å². The fourth-order valence-corrected chi connectivity index (χ4v) is 5.13. The number of aliphatic carboxylic acids is 2. The Hall–Kier alpha value is -5.35. The van der Waals surface area contributed by atoms with E-state index in [2.05, 4.69) is 69.4 Å². The molecule has 0 unspecified atom stereocenters. The summed E-state index contributed by atoms with van der Waals surface area (Å²) in [6.45, 7) is 4.19. The average Bonchev–Trinajstić information content (AvgIpc) is 3.52. The van der Waals surface area contributed by atoms with Gasteiger partial charge in [0.2, 0.25) is 0 Å². The smallest absolute Gasteiger partial charge is 0.475 e. The molecule has 4 N–H and O–H groups in total. The second kappa shape index (κ2) is 17.0. The zero-order chi connectivity index (χ0) is 37.2. The van der Waals surface area contributed by atoms with E-state index in [-0.39, 0.29) is 5.82 Å². The standard InChI is InChI=1S/C31H30FN5.2C2HF3O2/c32-29-20-27(25-14-18-34-19-15-25)10-11-28(29)31-36-35-30(37(31)21-22-4-2-1-3-5-22)26-8-6-23(7-9-26)24-12-16-33-17-13-24;2*3-2(4,5)1(6)7/h1-12,14,20,33-34H,13,15-19,21H2;2*(H,6,7). The van der Waals surface area contributed by atoms with Gasteiger partial charge in [0.05, 0.1) is 12.1 Å². The van der Waals surface area contributed by atoms with E-state index < -0.39 is 24.3 Å². The summed E-state index contributed by atoms with van der Waals surface area (Å²) in [6.07, 6.45) is -3.86. The summed E-state index contributed by atoms with van der Waals surface area (Å²) in [4.78, 5) is 17.8. The van der Waals surface area contributed by atoms with Crippen molar-refractivity contribution in [2.45, 2.75) is 31.7 Å². The van der Waals surface area contributed by atoms with Gasteiger partial charge in [0.15, 0.2) is 11.6 Å². The molecule has 51 heavy (non-hydrogen) atoms. The van der Waals surface area contributed by atoms with E-state index in [0.29, 0.717) is 17.9 Å². The third-order valence-corrected chi connectivity index (χ3v) is 7.64. The van der Waals surface area contributed by atoms with E-state index >= 15 is 4.39 Å². The first-order valence-electron chi connectivity index (χ1n) is 15.4. The molecular weight excluding hydrogens is 687 g/mol. The zero-order valence-corrected chi connectivity index (χ0v) is 26.7. The summed E-state index contributed by atoms with van der Waals surface area (Å²) in [5, 5.41) is 30.0. The fourth-order valence-electron chi connectivity index (χ4n) is 5.13. The lowest BCUT2D eigenvalue weighted by molar-refractivity contribution is -0.193. The van der Waals surface area contributed by atoms with Gasteiger partial charge in [-0.05, 0) is 65.9 Å². The van der Waals surface area contributed by atoms with Crippen LogP contribution in [0.4, 0.5) is 30.7 Å². The lowest BCUT2D eigenvalue weighted by Crippen LogP contribution is -2.21. The number of carboxylic acids is 2. The molecule has 0 fully saturated rings. The number of nitrogens with zero attached hydrogens (tertiary/aromatic N) is 3. The largest absolute Gasteiger partial charge is 0.490 e. The van der Waals surface area contributed by atoms with Gasteiger partial charge in [-0.25, -0.2) is 14.0 Å². The SMILES string of the molecule is Fc1cc(C2=CCNCC2)ccc1-c1nnc(-c2ccc(C3=CCNCC3)cc2)n1Cc1ccccc1.O=C(O)C(F)(F)F.O=C(O)C(F)(F)F. The molecule has 2 aliphatic rings. The van der Waals surface area contributed by atoms with E-state index in [1.165, 1.54) is 16.7 Å². The quantitative estimate of drug-likeness (QED) is 0.160. The number of benzene rings is 3. The van der Waals surface area contributed by atoms with Crippen molar-refractivity contribution in [2.75, 3.05) is 26.2 Å². The van der Waals surface area contributed by atoms with Gasteiger partial charge in [-0.15, -0.1) is 10.2 Å². The summed E-state index contributed by atoms with van der Waals surface area (Å²) in [5.74, 6) is -4.53. The molecule has 0 amide bonds. The van der Waals surface area contributed by atoms with Gasteiger partial charge in [-0.1, -0.05) is 72.8 Å². The zero-order valence-electron chi connectivity index (χ0n) is 26.7. The highest BCUT2D eigenvalue weighted by Crippen LogP contribution is 2.31. The average molecular weight is 720 g/mol. The lowest BCUT2D eigenvalue weighted by Gasteiger charge is -2.16. The molecule has 6 rings (SSSR count). The van der Waals surface area contributed by atoms with Crippen molar-refractivity contribution in [1.29, 1.82) is 0 Å². The highest BCUT2D eigenvalue weighted by molar-refractivity contribution is 5.74. The van der Waals surface area contributed by atoms with Crippen LogP contribution in [-0.4, -0.2) is 75.4 Å². The first-order chi connectivity index (χ1) is 24.1. The number of aromatic nitrogens is 3. The number of carbonyl (C=O) groups is 2. The number of carboxylic acid groups (broad SMARTS) is 2. The van der Waals surface area contributed by atoms with Crippen LogP contribution in [0.1, 0.15) is 29.5 Å². The second-order valence-corrected chi connectivity index (χ2v) is 11.2. The van der Waals surface area contributed by atoms with Gasteiger partial charge in [-0.2, -0.15) is 26.3 Å². The molecule has 0 bridgehead atoms. The minimum atomic E-state index is -5.08. The number of nitrogens with one attached hydrogen (secondary N) is 2. The summed E-state index contributed by atoms with van der Waals surface area (Å²) < 4.78 is 81.0. The number of alkyl halides is 6. The molecule has 2 aliphatic heterocycles. The molecule has 4 aromatic rings. The molecule has 0 aliphatic carbocycles. The van der Waals surface area contributed by atoms with Crippen LogP contribution in [0.5, 0.6) is 0 Å². The van der Waals surface area contributed by atoms with Gasteiger partial charge in [0, 0.05) is 18.7 Å². The van der Waals surface area contributed by atoms with Crippen LogP contribution in [0.3, 0.4) is 0 Å². The molecule has 0 radical (unpaired) electrons. The summed E-state index contributed by atoms with van der Waals surface area (Å²) >= 11 is 0. The molecule has 3 aromatic carbocycles. The second-order valence-electron chi connectivity index (χ2n) is 11.2. The number of rotatable bonds is 6. The van der Waals surface area contributed by atoms with Crippen molar-refractivity contribution in [3.8, 4) is 22.8 Å². The Labute approximate surface area is 287 Å². The lowest BCUT2D eigenvalue weighted by atomic mass is 9.98. The number of hydrogen-bond acceptors (Lipinski definition) is 6. The Morgan fingerprint density at radius 3 is 1.63 bits per heavy atom. The van der Waals surface area contributed by atoms with Crippen molar-refractivity contribution in [2.24, 2.45) is 0 Å². The van der Waals surface area contributed by atoms with Crippen molar-refractivity contribution in [3.05, 3.63) is 107 Å². The van der Waals surface area contributed by atoms with Crippen LogP contribution in [-0.2, 0) is 16.1 Å². The highest BCUT2D eigenvalue weighted by Gasteiger charge is 2.38. The van der Waals surface area contributed by atoms with E-state index in [1.54, 1.807) is 6.07 Å². The topological polar surface area (TPSA) is 129 Å². The van der Waals surface area contributed by atoms with Gasteiger partial charge >= 0.3 is 24.3 Å². The van der Waals surface area contributed by atoms with Crippen molar-refractivity contribution < 1.29 is 50.5 Å². The Morgan fingerprint density at radius 1 is 0.686 bits per heavy atom. The van der Waals surface area contributed by atoms with Gasteiger partial charge in [-0.3, -0.25) is 0 Å². The molecule has 1 aromatic heterocycles. The maximum Gasteiger partial charge on any atom is 0.490 e. The Balaban J connectivity index is 0.000000353. The maximum absolute atomic E-state index is 15.5. The number of hydrogen-bond donors (Lipinski definition) is 4. The molecule has 0 spiro atoms. The molecule has 16 heteroatoms. The summed E-state index contributed by atoms with van der Waals surface area (Å²) in [5.41, 5.74) is 7.24. The predicted molar refractivity (Wildman–Crippen MR) is 175 cm³/mol. The van der Waals surface area contributed by atoms with Crippen LogP contribution in [0.15, 0.2) is 84.9 Å². The molecule has 0 saturated carbocycles. The number of halogens is 7. The van der Waals surface area contributed by atoms with E-state index in [4.69, 9.17) is 19.8 Å². The molecule has 0 atom stereocenters. The minimum absolute atomic E-state index is 0.279. The molecule has 270 valence electrons. The van der Waals surface area contributed by atoms with Gasteiger partial charge in [0.25, 0.3) is 0 Å². The Kier molecular flexibility index (Phi) is 12.9. The van der Waals surface area contributed by atoms with Gasteiger partial charge < -0.3 is 25.4 Å². The predicted octanol–water partition coefficient (Wildman–Crippen LogP) is 6.82. The Bertz CT molecular complexity index is 1850. The normalized spacial score (nSPS) is 14.6. The first-order valence-corrected chi connectivity index (χ1v) is 15.4. The Morgan fingerprint density at radius 2 is 1.16 bits per heavy atom. The monoisotopic (exact) mass is 719 g/mol. The van der Waals surface area contributed by atoms with Crippen LogP contribution in [0, 0.1) is 5.82 Å². The summed E-state index contributed by atoms with van der Waals surface area (Å²) in [6, 6.07) is 24.1.